The SMILES string of the molecule is C=CC(=C)C(=C)N(C)/C(C)=C/N=C. The Labute approximate surface area is 80.3 Å². The summed E-state index contributed by atoms with van der Waals surface area (Å²) in [7, 11) is 1.90. The van der Waals surface area contributed by atoms with Gasteiger partial charge < -0.3 is 4.90 Å². The predicted molar refractivity (Wildman–Crippen MR) is 59.5 cm³/mol. The van der Waals surface area contributed by atoms with Crippen molar-refractivity contribution in [2.75, 3.05) is 7.05 Å². The third-order valence-electron chi connectivity index (χ3n) is 1.83. The maximum atomic E-state index is 3.88. The van der Waals surface area contributed by atoms with Crippen molar-refractivity contribution in [1.82, 2.24) is 4.90 Å². The molecule has 0 aliphatic rings. The summed E-state index contributed by atoms with van der Waals surface area (Å²) in [6.45, 7) is 16.6. The largest absolute Gasteiger partial charge is 0.347 e. The molecule has 0 spiro atoms. The molecule has 0 fully saturated rings. The average molecular weight is 176 g/mol. The molecule has 0 bridgehead atoms. The van der Waals surface area contributed by atoms with Crippen molar-refractivity contribution in [3.8, 4) is 0 Å². The molecule has 2 heteroatoms. The Balaban J connectivity index is 4.60. The highest BCUT2D eigenvalue weighted by atomic mass is 15.1. The maximum Gasteiger partial charge on any atom is 0.0452 e. The highest BCUT2D eigenvalue weighted by Crippen LogP contribution is 2.15. The van der Waals surface area contributed by atoms with Crippen LogP contribution in [0.1, 0.15) is 6.92 Å². The second kappa shape index (κ2) is 5.14. The lowest BCUT2D eigenvalue weighted by atomic mass is 10.2. The van der Waals surface area contributed by atoms with E-state index in [-0.39, 0.29) is 0 Å². The molecule has 0 saturated heterocycles. The van der Waals surface area contributed by atoms with Crippen molar-refractivity contribution in [1.29, 1.82) is 0 Å². The van der Waals surface area contributed by atoms with Crippen molar-refractivity contribution in [3.05, 3.63) is 49.0 Å². The van der Waals surface area contributed by atoms with Crippen molar-refractivity contribution in [2.24, 2.45) is 4.99 Å². The molecule has 2 nitrogen and oxygen atoms in total. The molecule has 0 aliphatic heterocycles. The van der Waals surface area contributed by atoms with Crippen LogP contribution >= 0.6 is 0 Å². The molecule has 0 aromatic carbocycles. The smallest absolute Gasteiger partial charge is 0.0452 e. The first-order valence-electron chi connectivity index (χ1n) is 3.91. The van der Waals surface area contributed by atoms with Gasteiger partial charge in [0.25, 0.3) is 0 Å². The molecular weight excluding hydrogens is 160 g/mol. The van der Waals surface area contributed by atoms with E-state index in [2.05, 4.69) is 31.4 Å². The Hall–Kier alpha value is -1.57. The van der Waals surface area contributed by atoms with Gasteiger partial charge in [-0.05, 0) is 19.2 Å². The first-order valence-corrected chi connectivity index (χ1v) is 3.91. The van der Waals surface area contributed by atoms with Gasteiger partial charge in [0.05, 0.1) is 0 Å². The second-order valence-corrected chi connectivity index (χ2v) is 2.69. The molecule has 0 saturated carbocycles. The lowest BCUT2D eigenvalue weighted by Crippen LogP contribution is -2.15. The van der Waals surface area contributed by atoms with Crippen LogP contribution in [0.25, 0.3) is 0 Å². The van der Waals surface area contributed by atoms with E-state index in [1.807, 2.05) is 18.9 Å². The Bertz CT molecular complexity index is 272. The number of likely N-dealkylation sites (N-methyl/N-ethyl adjacent to an activating group) is 1. The fourth-order valence-corrected chi connectivity index (χ4v) is 0.765. The Morgan fingerprint density at radius 1 is 1.38 bits per heavy atom. The van der Waals surface area contributed by atoms with E-state index in [0.717, 1.165) is 17.0 Å². The lowest BCUT2D eigenvalue weighted by Gasteiger charge is -2.21. The summed E-state index contributed by atoms with van der Waals surface area (Å²) < 4.78 is 0. The van der Waals surface area contributed by atoms with Crippen molar-refractivity contribution in [3.63, 3.8) is 0 Å². The number of rotatable bonds is 5. The molecule has 0 radical (unpaired) electrons. The third-order valence-corrected chi connectivity index (χ3v) is 1.83. The number of hydrogen-bond acceptors (Lipinski definition) is 2. The van der Waals surface area contributed by atoms with Gasteiger partial charge in [-0.15, -0.1) is 0 Å². The van der Waals surface area contributed by atoms with Crippen LogP contribution in [0.2, 0.25) is 0 Å². The molecule has 13 heavy (non-hydrogen) atoms. The van der Waals surface area contributed by atoms with Gasteiger partial charge in [-0.3, -0.25) is 4.99 Å². The van der Waals surface area contributed by atoms with E-state index < -0.39 is 0 Å². The van der Waals surface area contributed by atoms with E-state index in [1.54, 1.807) is 12.3 Å². The van der Waals surface area contributed by atoms with Crippen LogP contribution in [0.15, 0.2) is 54.0 Å². The molecular formula is C11H16N2. The molecule has 0 unspecified atom stereocenters. The molecule has 0 aromatic heterocycles. The first-order chi connectivity index (χ1) is 6.04. The van der Waals surface area contributed by atoms with Gasteiger partial charge in [-0.2, -0.15) is 0 Å². The summed E-state index contributed by atoms with van der Waals surface area (Å²) in [4.78, 5) is 5.56. The minimum absolute atomic E-state index is 0.805. The summed E-state index contributed by atoms with van der Waals surface area (Å²) >= 11 is 0. The van der Waals surface area contributed by atoms with Crippen LogP contribution in [0.3, 0.4) is 0 Å². The van der Waals surface area contributed by atoms with E-state index in [0.29, 0.717) is 0 Å². The average Bonchev–Trinajstić information content (AvgIpc) is 2.14. The van der Waals surface area contributed by atoms with E-state index in [1.165, 1.54) is 0 Å². The highest BCUT2D eigenvalue weighted by molar-refractivity contribution is 5.35. The van der Waals surface area contributed by atoms with Crippen LogP contribution in [0.4, 0.5) is 0 Å². The van der Waals surface area contributed by atoms with Gasteiger partial charge in [0.1, 0.15) is 0 Å². The topological polar surface area (TPSA) is 15.6 Å². The first kappa shape index (κ1) is 11.4. The molecule has 0 heterocycles. The van der Waals surface area contributed by atoms with Crippen LogP contribution < -0.4 is 0 Å². The fourth-order valence-electron chi connectivity index (χ4n) is 0.765. The quantitative estimate of drug-likeness (QED) is 0.464. The molecule has 0 amide bonds. The van der Waals surface area contributed by atoms with Crippen molar-refractivity contribution in [2.45, 2.75) is 6.92 Å². The summed E-state index contributed by atoms with van der Waals surface area (Å²) in [6, 6.07) is 0. The number of allylic oxidation sites excluding steroid dienone is 2. The maximum absolute atomic E-state index is 3.88. The van der Waals surface area contributed by atoms with Gasteiger partial charge >= 0.3 is 0 Å². The Morgan fingerprint density at radius 2 is 1.92 bits per heavy atom. The van der Waals surface area contributed by atoms with Gasteiger partial charge in [0.15, 0.2) is 0 Å². The van der Waals surface area contributed by atoms with E-state index in [9.17, 15) is 0 Å². The summed E-state index contributed by atoms with van der Waals surface area (Å²) in [5.41, 5.74) is 2.58. The van der Waals surface area contributed by atoms with Gasteiger partial charge in [0.2, 0.25) is 0 Å². The third kappa shape index (κ3) is 3.11. The van der Waals surface area contributed by atoms with Crippen LogP contribution in [-0.2, 0) is 0 Å². The summed E-state index contributed by atoms with van der Waals surface area (Å²) in [6.07, 6.45) is 3.34. The molecule has 0 rings (SSSR count). The number of nitrogens with zero attached hydrogens (tertiary/aromatic N) is 2. The zero-order valence-electron chi connectivity index (χ0n) is 8.38. The minimum atomic E-state index is 0.805. The standard InChI is InChI=1S/C11H16N2/c1-7-9(2)11(4)13(6)10(3)8-12-5/h7-8H,1-2,4-5H2,3,6H3/b10-8+. The zero-order chi connectivity index (χ0) is 10.4. The van der Waals surface area contributed by atoms with E-state index in [4.69, 9.17) is 0 Å². The van der Waals surface area contributed by atoms with Gasteiger partial charge in [-0.1, -0.05) is 25.8 Å². The van der Waals surface area contributed by atoms with E-state index >= 15 is 0 Å². The molecule has 0 atom stereocenters. The Kier molecular flexibility index (Phi) is 4.52. The summed E-state index contributed by atoms with van der Waals surface area (Å²) in [5, 5.41) is 0. The molecule has 0 aliphatic carbocycles. The number of hydrogen-bond donors (Lipinski definition) is 0. The van der Waals surface area contributed by atoms with Crippen LogP contribution in [-0.4, -0.2) is 18.7 Å². The highest BCUT2D eigenvalue weighted by Gasteiger charge is 2.04. The van der Waals surface area contributed by atoms with Crippen LogP contribution in [0, 0.1) is 0 Å². The summed E-state index contributed by atoms with van der Waals surface area (Å²) in [5.74, 6) is 0. The van der Waals surface area contributed by atoms with Crippen molar-refractivity contribution < 1.29 is 0 Å². The van der Waals surface area contributed by atoms with Gasteiger partial charge in [-0.25, -0.2) is 0 Å². The van der Waals surface area contributed by atoms with Crippen LogP contribution in [0.5, 0.6) is 0 Å². The Morgan fingerprint density at radius 3 is 2.31 bits per heavy atom. The lowest BCUT2D eigenvalue weighted by molar-refractivity contribution is 0.533. The zero-order valence-corrected chi connectivity index (χ0v) is 8.38. The predicted octanol–water partition coefficient (Wildman–Crippen LogP) is 2.74. The van der Waals surface area contributed by atoms with Crippen molar-refractivity contribution >= 4 is 6.72 Å². The molecule has 0 aromatic rings. The normalized spacial score (nSPS) is 10.5. The fraction of sp³-hybridized carbons (Fsp3) is 0.182. The number of aliphatic imine (C=N–C) groups is 1. The monoisotopic (exact) mass is 176 g/mol. The second-order valence-electron chi connectivity index (χ2n) is 2.69. The molecule has 0 N–H and O–H groups in total. The van der Waals surface area contributed by atoms with Gasteiger partial charge in [0, 0.05) is 24.6 Å². The molecule has 70 valence electrons. The minimum Gasteiger partial charge on any atom is -0.347 e.